The van der Waals surface area contributed by atoms with Crippen LogP contribution in [0.25, 0.3) is 0 Å². The lowest BCUT2D eigenvalue weighted by molar-refractivity contribution is 0.570. The lowest BCUT2D eigenvalue weighted by Gasteiger charge is -2.15. The van der Waals surface area contributed by atoms with Crippen LogP contribution in [0.4, 0.5) is 0 Å². The molecule has 2 aromatic rings. The maximum atomic E-state index is 6.42. The van der Waals surface area contributed by atoms with Crippen LogP contribution in [0.3, 0.4) is 0 Å². The Morgan fingerprint density at radius 3 is 2.71 bits per heavy atom. The average Bonchev–Trinajstić information content (AvgIpc) is 2.77. The molecule has 0 radical (unpaired) electrons. The lowest BCUT2D eigenvalue weighted by Crippen LogP contribution is -2.19. The van der Waals surface area contributed by atoms with Gasteiger partial charge in [-0.3, -0.25) is 0 Å². The number of hydrogen-bond acceptors (Lipinski definition) is 4. The van der Waals surface area contributed by atoms with E-state index >= 15 is 0 Å². The number of benzene rings is 1. The van der Waals surface area contributed by atoms with E-state index in [9.17, 15) is 0 Å². The SMILES string of the molecule is CCCNC(C)c1ccc(Sc2nnc(C)n2C)cc1Cl. The monoisotopic (exact) mass is 324 g/mol. The van der Waals surface area contributed by atoms with Gasteiger partial charge in [0.1, 0.15) is 5.82 Å². The molecule has 0 aliphatic rings. The van der Waals surface area contributed by atoms with Gasteiger partial charge < -0.3 is 9.88 Å². The Hall–Kier alpha value is -1.04. The second-order valence-corrected chi connectivity index (χ2v) is 6.50. The fraction of sp³-hybridized carbons (Fsp3) is 0.467. The highest BCUT2D eigenvalue weighted by atomic mass is 35.5. The predicted molar refractivity (Wildman–Crippen MR) is 88.0 cm³/mol. The molecule has 0 spiro atoms. The van der Waals surface area contributed by atoms with E-state index < -0.39 is 0 Å². The summed E-state index contributed by atoms with van der Waals surface area (Å²) in [7, 11) is 1.96. The molecule has 0 aliphatic carbocycles. The molecule has 1 heterocycles. The van der Waals surface area contributed by atoms with Crippen LogP contribution < -0.4 is 5.32 Å². The van der Waals surface area contributed by atoms with Gasteiger partial charge in [-0.1, -0.05) is 24.6 Å². The van der Waals surface area contributed by atoms with Crippen molar-refractivity contribution in [3.8, 4) is 0 Å². The van der Waals surface area contributed by atoms with Crippen LogP contribution >= 0.6 is 23.4 Å². The van der Waals surface area contributed by atoms with E-state index in [2.05, 4.69) is 41.5 Å². The molecule has 1 atom stereocenters. The van der Waals surface area contributed by atoms with Crippen molar-refractivity contribution in [1.29, 1.82) is 0 Å². The summed E-state index contributed by atoms with van der Waals surface area (Å²) in [6.45, 7) is 7.22. The summed E-state index contributed by atoms with van der Waals surface area (Å²) in [5, 5.41) is 13.3. The van der Waals surface area contributed by atoms with E-state index in [-0.39, 0.29) is 6.04 Å². The van der Waals surface area contributed by atoms with E-state index in [0.717, 1.165) is 39.4 Å². The molecule has 1 unspecified atom stereocenters. The van der Waals surface area contributed by atoms with Crippen LogP contribution in [0, 0.1) is 6.92 Å². The molecule has 21 heavy (non-hydrogen) atoms. The molecule has 2 rings (SSSR count). The van der Waals surface area contributed by atoms with Crippen molar-refractivity contribution in [2.75, 3.05) is 6.54 Å². The standard InChI is InChI=1S/C15H21ClN4S/c1-5-8-17-10(2)13-7-6-12(9-14(13)16)21-15-19-18-11(3)20(15)4/h6-7,9-10,17H,5,8H2,1-4H3. The molecule has 0 aliphatic heterocycles. The summed E-state index contributed by atoms with van der Waals surface area (Å²) in [6.07, 6.45) is 1.11. The number of nitrogens with one attached hydrogen (secondary N) is 1. The Kier molecular flexibility index (Phi) is 5.67. The Balaban J connectivity index is 2.13. The van der Waals surface area contributed by atoms with E-state index in [1.807, 2.05) is 24.6 Å². The van der Waals surface area contributed by atoms with Crippen molar-refractivity contribution in [2.45, 2.75) is 43.3 Å². The molecule has 4 nitrogen and oxygen atoms in total. The van der Waals surface area contributed by atoms with Crippen LogP contribution in [0.15, 0.2) is 28.3 Å². The van der Waals surface area contributed by atoms with E-state index in [1.54, 1.807) is 11.8 Å². The minimum Gasteiger partial charge on any atom is -0.310 e. The van der Waals surface area contributed by atoms with Crippen LogP contribution in [0.5, 0.6) is 0 Å². The van der Waals surface area contributed by atoms with E-state index in [4.69, 9.17) is 11.6 Å². The Labute approximate surface area is 135 Å². The van der Waals surface area contributed by atoms with Gasteiger partial charge in [0.25, 0.3) is 0 Å². The minimum absolute atomic E-state index is 0.258. The number of halogens is 1. The Morgan fingerprint density at radius 2 is 2.14 bits per heavy atom. The molecule has 0 saturated heterocycles. The molecular formula is C15H21ClN4S. The average molecular weight is 325 g/mol. The van der Waals surface area contributed by atoms with Crippen molar-refractivity contribution in [1.82, 2.24) is 20.1 Å². The molecule has 6 heteroatoms. The third-order valence-electron chi connectivity index (χ3n) is 3.40. The maximum Gasteiger partial charge on any atom is 0.195 e. The molecular weight excluding hydrogens is 304 g/mol. The minimum atomic E-state index is 0.258. The first-order valence-corrected chi connectivity index (χ1v) is 8.29. The molecule has 1 aromatic heterocycles. The zero-order valence-corrected chi connectivity index (χ0v) is 14.4. The summed E-state index contributed by atoms with van der Waals surface area (Å²) in [6, 6.07) is 6.42. The lowest BCUT2D eigenvalue weighted by atomic mass is 10.1. The Bertz CT molecular complexity index is 612. The van der Waals surface area contributed by atoms with Gasteiger partial charge in [0.15, 0.2) is 5.16 Å². The van der Waals surface area contributed by atoms with E-state index in [0.29, 0.717) is 0 Å². The van der Waals surface area contributed by atoms with Crippen molar-refractivity contribution in [2.24, 2.45) is 7.05 Å². The summed E-state index contributed by atoms with van der Waals surface area (Å²) in [4.78, 5) is 1.07. The second-order valence-electron chi connectivity index (χ2n) is 5.05. The summed E-state index contributed by atoms with van der Waals surface area (Å²) >= 11 is 7.99. The van der Waals surface area contributed by atoms with Crippen LogP contribution in [0.1, 0.15) is 37.7 Å². The van der Waals surface area contributed by atoms with Crippen molar-refractivity contribution >= 4 is 23.4 Å². The summed E-state index contributed by atoms with van der Waals surface area (Å²) in [5.74, 6) is 0.901. The van der Waals surface area contributed by atoms with Crippen molar-refractivity contribution in [3.63, 3.8) is 0 Å². The quantitative estimate of drug-likeness (QED) is 0.872. The normalized spacial score (nSPS) is 12.6. The number of aryl methyl sites for hydroxylation is 1. The van der Waals surface area contributed by atoms with Gasteiger partial charge in [0, 0.05) is 23.0 Å². The highest BCUT2D eigenvalue weighted by molar-refractivity contribution is 7.99. The van der Waals surface area contributed by atoms with Gasteiger partial charge in [0.05, 0.1) is 0 Å². The fourth-order valence-corrected chi connectivity index (χ4v) is 3.26. The number of hydrogen-bond donors (Lipinski definition) is 1. The summed E-state index contributed by atoms with van der Waals surface area (Å²) in [5.41, 5.74) is 1.13. The van der Waals surface area contributed by atoms with Gasteiger partial charge in [-0.15, -0.1) is 10.2 Å². The molecule has 0 fully saturated rings. The first-order chi connectivity index (χ1) is 10.0. The first kappa shape index (κ1) is 16.3. The highest BCUT2D eigenvalue weighted by Gasteiger charge is 2.12. The molecule has 0 bridgehead atoms. The van der Waals surface area contributed by atoms with Crippen LogP contribution in [0.2, 0.25) is 5.02 Å². The number of nitrogens with zero attached hydrogens (tertiary/aromatic N) is 3. The molecule has 114 valence electrons. The van der Waals surface area contributed by atoms with Crippen LogP contribution in [-0.4, -0.2) is 21.3 Å². The smallest absolute Gasteiger partial charge is 0.195 e. The van der Waals surface area contributed by atoms with Gasteiger partial charge in [-0.25, -0.2) is 0 Å². The first-order valence-electron chi connectivity index (χ1n) is 7.09. The number of rotatable bonds is 6. The molecule has 0 amide bonds. The molecule has 1 aromatic carbocycles. The number of aromatic nitrogens is 3. The zero-order chi connectivity index (χ0) is 15.4. The van der Waals surface area contributed by atoms with Gasteiger partial charge in [-0.05, 0) is 56.3 Å². The third-order valence-corrected chi connectivity index (χ3v) is 4.76. The third kappa shape index (κ3) is 3.99. The van der Waals surface area contributed by atoms with Gasteiger partial charge in [0.2, 0.25) is 0 Å². The topological polar surface area (TPSA) is 42.7 Å². The largest absolute Gasteiger partial charge is 0.310 e. The molecule has 0 saturated carbocycles. The van der Waals surface area contributed by atoms with Gasteiger partial charge in [-0.2, -0.15) is 0 Å². The molecule has 1 N–H and O–H groups in total. The predicted octanol–water partition coefficient (Wildman–Crippen LogP) is 3.99. The Morgan fingerprint density at radius 1 is 1.38 bits per heavy atom. The zero-order valence-electron chi connectivity index (χ0n) is 12.9. The fourth-order valence-electron chi connectivity index (χ4n) is 1.98. The highest BCUT2D eigenvalue weighted by Crippen LogP contribution is 2.31. The maximum absolute atomic E-state index is 6.42. The van der Waals surface area contributed by atoms with Crippen LogP contribution in [-0.2, 0) is 7.05 Å². The van der Waals surface area contributed by atoms with E-state index in [1.165, 1.54) is 0 Å². The van der Waals surface area contributed by atoms with Crippen molar-refractivity contribution in [3.05, 3.63) is 34.6 Å². The van der Waals surface area contributed by atoms with Crippen molar-refractivity contribution < 1.29 is 0 Å². The van der Waals surface area contributed by atoms with Gasteiger partial charge >= 0.3 is 0 Å². The summed E-state index contributed by atoms with van der Waals surface area (Å²) < 4.78 is 1.97. The second kappa shape index (κ2) is 7.29.